The SMILES string of the molecule is CC(C)(C)c1nc(-c2cccc(-c3cc4ccccc4cn3)c2)nc(C(C)(C)C)n1. The lowest BCUT2D eigenvalue weighted by Gasteiger charge is -2.22. The summed E-state index contributed by atoms with van der Waals surface area (Å²) in [6.07, 6.45) is 1.93. The number of rotatable bonds is 2. The number of hydrogen-bond acceptors (Lipinski definition) is 4. The minimum Gasteiger partial charge on any atom is -0.256 e. The Hall–Kier alpha value is -3.14. The lowest BCUT2D eigenvalue weighted by Crippen LogP contribution is -2.24. The monoisotopic (exact) mass is 396 g/mol. The van der Waals surface area contributed by atoms with Crippen molar-refractivity contribution < 1.29 is 0 Å². The van der Waals surface area contributed by atoms with Gasteiger partial charge in [0.15, 0.2) is 5.82 Å². The number of aromatic nitrogens is 4. The predicted molar refractivity (Wildman–Crippen MR) is 123 cm³/mol. The summed E-state index contributed by atoms with van der Waals surface area (Å²) in [7, 11) is 0. The minimum atomic E-state index is -0.158. The maximum atomic E-state index is 4.83. The molecule has 0 fully saturated rings. The second kappa shape index (κ2) is 7.28. The third kappa shape index (κ3) is 4.09. The predicted octanol–water partition coefficient (Wildman–Crippen LogP) is 6.35. The molecule has 0 aliphatic heterocycles. The van der Waals surface area contributed by atoms with Gasteiger partial charge in [0.05, 0.1) is 5.69 Å². The van der Waals surface area contributed by atoms with Crippen LogP contribution >= 0.6 is 0 Å². The number of pyridine rings is 1. The van der Waals surface area contributed by atoms with Crippen LogP contribution in [-0.4, -0.2) is 19.9 Å². The Bertz CT molecular complexity index is 1180. The molecule has 0 radical (unpaired) electrons. The Balaban J connectivity index is 1.83. The molecule has 0 aliphatic rings. The van der Waals surface area contributed by atoms with E-state index in [1.807, 2.05) is 18.3 Å². The highest BCUT2D eigenvalue weighted by molar-refractivity contribution is 5.85. The van der Waals surface area contributed by atoms with Crippen LogP contribution in [0.1, 0.15) is 53.2 Å². The summed E-state index contributed by atoms with van der Waals surface area (Å²) in [5.74, 6) is 2.33. The van der Waals surface area contributed by atoms with E-state index in [1.165, 1.54) is 5.39 Å². The molecule has 2 aromatic carbocycles. The molecule has 0 N–H and O–H groups in total. The fourth-order valence-electron chi connectivity index (χ4n) is 3.23. The second-order valence-corrected chi connectivity index (χ2v) is 9.80. The summed E-state index contributed by atoms with van der Waals surface area (Å²) >= 11 is 0. The van der Waals surface area contributed by atoms with Crippen molar-refractivity contribution >= 4 is 10.8 Å². The van der Waals surface area contributed by atoms with Gasteiger partial charge in [-0.3, -0.25) is 4.98 Å². The van der Waals surface area contributed by atoms with Crippen LogP contribution in [0.15, 0.2) is 60.8 Å². The van der Waals surface area contributed by atoms with Crippen LogP contribution < -0.4 is 0 Å². The molecule has 0 bridgehead atoms. The first-order chi connectivity index (χ1) is 14.1. The van der Waals surface area contributed by atoms with Gasteiger partial charge in [0.2, 0.25) is 0 Å². The van der Waals surface area contributed by atoms with Crippen LogP contribution in [0.5, 0.6) is 0 Å². The fraction of sp³-hybridized carbons (Fsp3) is 0.308. The summed E-state index contributed by atoms with van der Waals surface area (Å²) in [4.78, 5) is 19.1. The average Bonchev–Trinajstić information content (AvgIpc) is 2.72. The normalized spacial score (nSPS) is 12.3. The number of hydrogen-bond donors (Lipinski definition) is 0. The summed E-state index contributed by atoms with van der Waals surface area (Å²) in [5, 5.41) is 2.32. The van der Waals surface area contributed by atoms with E-state index in [0.29, 0.717) is 5.82 Å². The molecule has 30 heavy (non-hydrogen) atoms. The molecular formula is C26H28N4. The van der Waals surface area contributed by atoms with Crippen LogP contribution in [0, 0.1) is 0 Å². The summed E-state index contributed by atoms with van der Waals surface area (Å²) in [6, 6.07) is 18.7. The van der Waals surface area contributed by atoms with E-state index in [4.69, 9.17) is 15.0 Å². The zero-order chi connectivity index (χ0) is 21.5. The summed E-state index contributed by atoms with van der Waals surface area (Å²) in [6.45, 7) is 12.8. The standard InChI is InChI=1S/C26H28N4/c1-25(2,3)23-28-22(29-24(30-23)26(4,5)6)19-13-9-12-18(14-19)21-15-17-10-7-8-11-20(17)16-27-21/h7-16H,1-6H3. The van der Waals surface area contributed by atoms with Gasteiger partial charge in [0.25, 0.3) is 0 Å². The van der Waals surface area contributed by atoms with E-state index >= 15 is 0 Å². The maximum Gasteiger partial charge on any atom is 0.163 e. The first-order valence-electron chi connectivity index (χ1n) is 10.3. The zero-order valence-electron chi connectivity index (χ0n) is 18.6. The molecule has 2 aromatic heterocycles. The number of benzene rings is 2. The van der Waals surface area contributed by atoms with Crippen molar-refractivity contribution in [2.75, 3.05) is 0 Å². The van der Waals surface area contributed by atoms with E-state index in [1.54, 1.807) is 0 Å². The molecule has 4 rings (SSSR count). The molecule has 4 heteroatoms. The van der Waals surface area contributed by atoms with E-state index in [9.17, 15) is 0 Å². The molecule has 152 valence electrons. The molecule has 0 saturated carbocycles. The Labute approximate surface area is 178 Å². The highest BCUT2D eigenvalue weighted by Gasteiger charge is 2.25. The van der Waals surface area contributed by atoms with Crippen molar-refractivity contribution in [1.82, 2.24) is 19.9 Å². The van der Waals surface area contributed by atoms with Gasteiger partial charge in [-0.05, 0) is 17.5 Å². The van der Waals surface area contributed by atoms with Gasteiger partial charge in [0.1, 0.15) is 11.6 Å². The average molecular weight is 397 g/mol. The molecule has 0 spiro atoms. The molecule has 2 heterocycles. The minimum absolute atomic E-state index is 0.158. The van der Waals surface area contributed by atoms with Gasteiger partial charge >= 0.3 is 0 Å². The van der Waals surface area contributed by atoms with Gasteiger partial charge in [-0.2, -0.15) is 0 Å². The summed E-state index contributed by atoms with van der Waals surface area (Å²) < 4.78 is 0. The fourth-order valence-corrected chi connectivity index (χ4v) is 3.23. The molecule has 0 atom stereocenters. The first-order valence-corrected chi connectivity index (χ1v) is 10.3. The molecular weight excluding hydrogens is 368 g/mol. The van der Waals surface area contributed by atoms with Gasteiger partial charge in [0, 0.05) is 33.5 Å². The largest absolute Gasteiger partial charge is 0.256 e. The highest BCUT2D eigenvalue weighted by Crippen LogP contribution is 2.29. The number of fused-ring (bicyclic) bond motifs is 1. The molecule has 0 saturated heterocycles. The van der Waals surface area contributed by atoms with Gasteiger partial charge in [-0.25, -0.2) is 15.0 Å². The van der Waals surface area contributed by atoms with Gasteiger partial charge < -0.3 is 0 Å². The van der Waals surface area contributed by atoms with E-state index in [0.717, 1.165) is 33.9 Å². The third-order valence-corrected chi connectivity index (χ3v) is 5.02. The lowest BCUT2D eigenvalue weighted by molar-refractivity contribution is 0.497. The quantitative estimate of drug-likeness (QED) is 0.396. The van der Waals surface area contributed by atoms with Crippen molar-refractivity contribution in [2.24, 2.45) is 0 Å². The van der Waals surface area contributed by atoms with Crippen molar-refractivity contribution in [1.29, 1.82) is 0 Å². The lowest BCUT2D eigenvalue weighted by atomic mass is 9.93. The van der Waals surface area contributed by atoms with Gasteiger partial charge in [-0.1, -0.05) is 84.0 Å². The molecule has 0 amide bonds. The van der Waals surface area contributed by atoms with Crippen LogP contribution in [0.3, 0.4) is 0 Å². The Morgan fingerprint density at radius 2 is 1.20 bits per heavy atom. The van der Waals surface area contributed by atoms with Crippen LogP contribution in [0.4, 0.5) is 0 Å². The van der Waals surface area contributed by atoms with E-state index in [-0.39, 0.29) is 10.8 Å². The van der Waals surface area contributed by atoms with Crippen molar-refractivity contribution in [3.8, 4) is 22.6 Å². The Morgan fingerprint density at radius 1 is 0.600 bits per heavy atom. The van der Waals surface area contributed by atoms with Crippen molar-refractivity contribution in [3.63, 3.8) is 0 Å². The van der Waals surface area contributed by atoms with Crippen LogP contribution in [-0.2, 0) is 10.8 Å². The molecule has 4 nitrogen and oxygen atoms in total. The molecule has 4 aromatic rings. The van der Waals surface area contributed by atoms with Crippen molar-refractivity contribution in [2.45, 2.75) is 52.4 Å². The van der Waals surface area contributed by atoms with Crippen molar-refractivity contribution in [3.05, 3.63) is 72.4 Å². The Morgan fingerprint density at radius 3 is 1.83 bits per heavy atom. The second-order valence-electron chi connectivity index (χ2n) is 9.80. The van der Waals surface area contributed by atoms with Crippen LogP contribution in [0.2, 0.25) is 0 Å². The van der Waals surface area contributed by atoms with Gasteiger partial charge in [-0.15, -0.1) is 0 Å². The molecule has 0 aliphatic carbocycles. The smallest absolute Gasteiger partial charge is 0.163 e. The highest BCUT2D eigenvalue weighted by atomic mass is 15.1. The topological polar surface area (TPSA) is 51.6 Å². The summed E-state index contributed by atoms with van der Waals surface area (Å²) in [5.41, 5.74) is 2.65. The zero-order valence-corrected chi connectivity index (χ0v) is 18.6. The molecule has 0 unspecified atom stereocenters. The number of nitrogens with zero attached hydrogens (tertiary/aromatic N) is 4. The Kier molecular flexibility index (Phi) is 4.89. The maximum absolute atomic E-state index is 4.83. The third-order valence-electron chi connectivity index (χ3n) is 5.02. The van der Waals surface area contributed by atoms with E-state index < -0.39 is 0 Å². The van der Waals surface area contributed by atoms with E-state index in [2.05, 4.69) is 89.0 Å². The first kappa shape index (κ1) is 20.1. The van der Waals surface area contributed by atoms with Crippen LogP contribution in [0.25, 0.3) is 33.4 Å².